The summed E-state index contributed by atoms with van der Waals surface area (Å²) >= 11 is 0. The van der Waals surface area contributed by atoms with Gasteiger partial charge < -0.3 is 15.3 Å². The molecule has 2 atom stereocenters. The summed E-state index contributed by atoms with van der Waals surface area (Å²) in [5.74, 6) is 0.241. The molecule has 0 saturated carbocycles. The molecule has 0 aromatic heterocycles. The summed E-state index contributed by atoms with van der Waals surface area (Å²) in [7, 11) is 0. The first kappa shape index (κ1) is 18.3. The number of aliphatic hydroxyl groups excluding tert-OH is 1. The van der Waals surface area contributed by atoms with E-state index in [0.29, 0.717) is 17.2 Å². The number of rotatable bonds is 5. The van der Waals surface area contributed by atoms with Crippen LogP contribution in [0.1, 0.15) is 45.6 Å². The van der Waals surface area contributed by atoms with Gasteiger partial charge >= 0.3 is 0 Å². The number of hydrogen-bond donors (Lipinski definition) is 2. The molecule has 1 aromatic rings. The van der Waals surface area contributed by atoms with E-state index in [1.165, 1.54) is 0 Å². The van der Waals surface area contributed by atoms with Crippen molar-refractivity contribution in [3.8, 4) is 6.07 Å². The lowest BCUT2D eigenvalue weighted by atomic mass is 9.93. The Hall–Kier alpha value is -2.06. The number of nitriles is 1. The number of nitrogens with one attached hydrogen (secondary N) is 1. The molecule has 5 nitrogen and oxygen atoms in total. The smallest absolute Gasteiger partial charge is 0.227 e. The number of anilines is 2. The monoisotopic (exact) mass is 329 g/mol. The van der Waals surface area contributed by atoms with Crippen LogP contribution < -0.4 is 10.2 Å². The van der Waals surface area contributed by atoms with Crippen LogP contribution in [0.3, 0.4) is 0 Å². The van der Waals surface area contributed by atoms with E-state index in [9.17, 15) is 15.2 Å². The van der Waals surface area contributed by atoms with Crippen LogP contribution in [0.2, 0.25) is 0 Å². The number of aliphatic hydroxyl groups is 1. The summed E-state index contributed by atoms with van der Waals surface area (Å²) in [6, 6.07) is 7.70. The van der Waals surface area contributed by atoms with E-state index in [1.807, 2.05) is 19.1 Å². The van der Waals surface area contributed by atoms with Crippen LogP contribution in [0, 0.1) is 23.2 Å². The molecule has 1 heterocycles. The van der Waals surface area contributed by atoms with Crippen LogP contribution in [-0.2, 0) is 4.79 Å². The molecule has 1 aliphatic heterocycles. The van der Waals surface area contributed by atoms with E-state index in [1.54, 1.807) is 6.07 Å². The minimum absolute atomic E-state index is 0.0120. The van der Waals surface area contributed by atoms with Crippen molar-refractivity contribution in [1.82, 2.24) is 0 Å². The molecule has 0 spiro atoms. The summed E-state index contributed by atoms with van der Waals surface area (Å²) in [4.78, 5) is 14.4. The van der Waals surface area contributed by atoms with Gasteiger partial charge in [0.2, 0.25) is 5.91 Å². The van der Waals surface area contributed by atoms with Crippen LogP contribution in [0.15, 0.2) is 18.2 Å². The van der Waals surface area contributed by atoms with Crippen molar-refractivity contribution in [3.05, 3.63) is 23.8 Å². The van der Waals surface area contributed by atoms with Crippen LogP contribution in [0.4, 0.5) is 11.4 Å². The number of hydrogen-bond acceptors (Lipinski definition) is 4. The number of carbonyl (C=O) groups is 1. The molecule has 1 saturated heterocycles. The predicted molar refractivity (Wildman–Crippen MR) is 95.9 cm³/mol. The van der Waals surface area contributed by atoms with E-state index in [2.05, 4.69) is 30.1 Å². The first-order chi connectivity index (χ1) is 11.5. The van der Waals surface area contributed by atoms with Crippen molar-refractivity contribution in [2.75, 3.05) is 23.3 Å². The topological polar surface area (TPSA) is 76.4 Å². The van der Waals surface area contributed by atoms with Gasteiger partial charge in [-0.2, -0.15) is 5.26 Å². The lowest BCUT2D eigenvalue weighted by Gasteiger charge is -2.32. The Kier molecular flexibility index (Phi) is 6.22. The highest BCUT2D eigenvalue weighted by Gasteiger charge is 2.21. The largest absolute Gasteiger partial charge is 0.393 e. The molecule has 0 aliphatic carbocycles. The second kappa shape index (κ2) is 8.16. The van der Waals surface area contributed by atoms with E-state index >= 15 is 0 Å². The minimum Gasteiger partial charge on any atom is -0.393 e. The Labute approximate surface area is 144 Å². The maximum absolute atomic E-state index is 12.3. The van der Waals surface area contributed by atoms with Gasteiger partial charge in [-0.1, -0.05) is 27.2 Å². The van der Waals surface area contributed by atoms with Crippen LogP contribution in [0.5, 0.6) is 0 Å². The normalized spacial score (nSPS) is 17.9. The first-order valence-corrected chi connectivity index (χ1v) is 8.74. The van der Waals surface area contributed by atoms with E-state index in [0.717, 1.165) is 38.0 Å². The van der Waals surface area contributed by atoms with Gasteiger partial charge in [0, 0.05) is 24.7 Å². The van der Waals surface area contributed by atoms with Crippen molar-refractivity contribution in [2.24, 2.45) is 11.8 Å². The Bertz CT molecular complexity index is 616. The molecule has 0 radical (unpaired) electrons. The summed E-state index contributed by atoms with van der Waals surface area (Å²) in [5.41, 5.74) is 2.09. The average molecular weight is 329 g/mol. The lowest BCUT2D eigenvalue weighted by molar-refractivity contribution is -0.120. The lowest BCUT2D eigenvalue weighted by Crippen LogP contribution is -2.36. The Morgan fingerprint density at radius 2 is 2.08 bits per heavy atom. The molecule has 2 unspecified atom stereocenters. The maximum atomic E-state index is 12.3. The molecule has 130 valence electrons. The second-order valence-electron chi connectivity index (χ2n) is 6.73. The molecule has 2 N–H and O–H groups in total. The molecule has 1 fully saturated rings. The standard InChI is InChI=1S/C19H27N3O2/c1-4-13(2)14(3)19(24)21-16-5-6-18(15(11-16)12-20)22-9-7-17(23)8-10-22/h5-6,11,13-14,17,23H,4,7-10H2,1-3H3,(H,21,24). The highest BCUT2D eigenvalue weighted by Crippen LogP contribution is 2.27. The fraction of sp³-hybridized carbons (Fsp3) is 0.579. The van der Waals surface area contributed by atoms with Gasteiger partial charge in [-0.25, -0.2) is 0 Å². The predicted octanol–water partition coefficient (Wildman–Crippen LogP) is 3.14. The first-order valence-electron chi connectivity index (χ1n) is 8.74. The molecular weight excluding hydrogens is 302 g/mol. The third kappa shape index (κ3) is 4.27. The number of nitrogens with zero attached hydrogens (tertiary/aromatic N) is 2. The average Bonchev–Trinajstić information content (AvgIpc) is 2.61. The van der Waals surface area contributed by atoms with Crippen LogP contribution >= 0.6 is 0 Å². The summed E-state index contributed by atoms with van der Waals surface area (Å²) in [6.07, 6.45) is 2.15. The summed E-state index contributed by atoms with van der Waals surface area (Å²) in [6.45, 7) is 7.56. The quantitative estimate of drug-likeness (QED) is 0.870. The van der Waals surface area contributed by atoms with Crippen molar-refractivity contribution < 1.29 is 9.90 Å². The van der Waals surface area contributed by atoms with Gasteiger partial charge in [-0.05, 0) is 37.0 Å². The SMILES string of the molecule is CCC(C)C(C)C(=O)Nc1ccc(N2CCC(O)CC2)c(C#N)c1. The zero-order valence-corrected chi connectivity index (χ0v) is 14.7. The van der Waals surface area contributed by atoms with E-state index < -0.39 is 0 Å². The highest BCUT2D eigenvalue weighted by atomic mass is 16.3. The van der Waals surface area contributed by atoms with Crippen LogP contribution in [-0.4, -0.2) is 30.2 Å². The maximum Gasteiger partial charge on any atom is 0.227 e. The Morgan fingerprint density at radius 1 is 1.42 bits per heavy atom. The molecule has 1 amide bonds. The summed E-state index contributed by atoms with van der Waals surface area (Å²) < 4.78 is 0. The van der Waals surface area contributed by atoms with E-state index in [4.69, 9.17) is 0 Å². The van der Waals surface area contributed by atoms with Gasteiger partial charge in [0.25, 0.3) is 0 Å². The molecule has 1 aromatic carbocycles. The summed E-state index contributed by atoms with van der Waals surface area (Å²) in [5, 5.41) is 22.0. The molecule has 0 bridgehead atoms. The Morgan fingerprint density at radius 3 is 2.67 bits per heavy atom. The zero-order valence-electron chi connectivity index (χ0n) is 14.7. The van der Waals surface area contributed by atoms with Crippen molar-refractivity contribution >= 4 is 17.3 Å². The number of benzene rings is 1. The van der Waals surface area contributed by atoms with Gasteiger partial charge in [-0.3, -0.25) is 4.79 Å². The van der Waals surface area contributed by atoms with Gasteiger partial charge in [-0.15, -0.1) is 0 Å². The molecule has 1 aliphatic rings. The fourth-order valence-electron chi connectivity index (χ4n) is 2.95. The minimum atomic E-state index is -0.243. The van der Waals surface area contributed by atoms with Gasteiger partial charge in [0.05, 0.1) is 17.4 Å². The third-order valence-corrected chi connectivity index (χ3v) is 5.10. The zero-order chi connectivity index (χ0) is 17.7. The number of piperidine rings is 1. The number of carbonyl (C=O) groups excluding carboxylic acids is 1. The van der Waals surface area contributed by atoms with Crippen molar-refractivity contribution in [2.45, 2.75) is 46.1 Å². The van der Waals surface area contributed by atoms with Gasteiger partial charge in [0.15, 0.2) is 0 Å². The van der Waals surface area contributed by atoms with Gasteiger partial charge in [0.1, 0.15) is 6.07 Å². The van der Waals surface area contributed by atoms with Crippen molar-refractivity contribution in [1.29, 1.82) is 5.26 Å². The van der Waals surface area contributed by atoms with Crippen molar-refractivity contribution in [3.63, 3.8) is 0 Å². The number of amides is 1. The third-order valence-electron chi connectivity index (χ3n) is 5.10. The second-order valence-corrected chi connectivity index (χ2v) is 6.73. The van der Waals surface area contributed by atoms with Crippen LogP contribution in [0.25, 0.3) is 0 Å². The molecule has 2 rings (SSSR count). The molecule has 5 heteroatoms. The fourth-order valence-corrected chi connectivity index (χ4v) is 2.95. The molecule has 24 heavy (non-hydrogen) atoms. The molecular formula is C19H27N3O2. The highest BCUT2D eigenvalue weighted by molar-refractivity contribution is 5.93. The Balaban J connectivity index is 2.11. The van der Waals surface area contributed by atoms with E-state index in [-0.39, 0.29) is 17.9 Å².